The molecule has 0 bridgehead atoms. The maximum atomic E-state index is 5.86. The molecule has 3 N–H and O–H groups in total. The first-order valence-electron chi connectivity index (χ1n) is 4.65. The minimum absolute atomic E-state index is 0.271. The van der Waals surface area contributed by atoms with Crippen molar-refractivity contribution in [2.45, 2.75) is 25.8 Å². The fraction of sp³-hybridized carbons (Fsp3) is 0.750. The van der Waals surface area contributed by atoms with E-state index >= 15 is 0 Å². The van der Waals surface area contributed by atoms with Crippen molar-refractivity contribution in [3.8, 4) is 0 Å². The molecule has 72 valence electrons. The Morgan fingerprint density at radius 1 is 1.62 bits per heavy atom. The number of nitrogens with one attached hydrogen (secondary N) is 1. The number of aryl methyl sites for hydroxylation is 1. The second-order valence-corrected chi connectivity index (χ2v) is 3.57. The van der Waals surface area contributed by atoms with Crippen molar-refractivity contribution >= 4 is 5.95 Å². The zero-order valence-electron chi connectivity index (χ0n) is 7.82. The maximum Gasteiger partial charge on any atom is 0.244 e. The number of aromatic amines is 1. The lowest BCUT2D eigenvalue weighted by Crippen LogP contribution is -2.43. The third kappa shape index (κ3) is 1.80. The molecule has 1 aliphatic heterocycles. The van der Waals surface area contributed by atoms with Gasteiger partial charge in [-0.3, -0.25) is 5.10 Å². The number of nitrogens with zero attached hydrogens (tertiary/aromatic N) is 3. The summed E-state index contributed by atoms with van der Waals surface area (Å²) in [5.41, 5.74) is 5.86. The predicted octanol–water partition coefficient (Wildman–Crippen LogP) is 0.0406. The Labute approximate surface area is 77.3 Å². The van der Waals surface area contributed by atoms with Crippen LogP contribution >= 0.6 is 0 Å². The third-order valence-electron chi connectivity index (χ3n) is 2.33. The number of aromatic nitrogens is 3. The Bertz CT molecular complexity index is 282. The number of piperidine rings is 1. The highest BCUT2D eigenvalue weighted by Gasteiger charge is 2.19. The summed E-state index contributed by atoms with van der Waals surface area (Å²) in [7, 11) is 0. The van der Waals surface area contributed by atoms with Gasteiger partial charge in [-0.15, -0.1) is 5.10 Å². The lowest BCUT2D eigenvalue weighted by molar-refractivity contribution is 0.500. The summed E-state index contributed by atoms with van der Waals surface area (Å²) >= 11 is 0. The molecule has 0 amide bonds. The topological polar surface area (TPSA) is 70.8 Å². The quantitative estimate of drug-likeness (QED) is 0.641. The Hall–Kier alpha value is -1.10. The molecule has 0 spiro atoms. The van der Waals surface area contributed by atoms with Crippen molar-refractivity contribution < 1.29 is 0 Å². The average molecular weight is 181 g/mol. The summed E-state index contributed by atoms with van der Waals surface area (Å²) in [5.74, 6) is 1.64. The van der Waals surface area contributed by atoms with Crippen LogP contribution in [0.3, 0.4) is 0 Å². The molecule has 1 aromatic heterocycles. The highest BCUT2D eigenvalue weighted by atomic mass is 15.4. The second kappa shape index (κ2) is 3.33. The van der Waals surface area contributed by atoms with Crippen LogP contribution in [0.4, 0.5) is 5.95 Å². The molecule has 1 saturated heterocycles. The molecule has 0 aromatic carbocycles. The van der Waals surface area contributed by atoms with Crippen molar-refractivity contribution in [1.82, 2.24) is 15.2 Å². The smallest absolute Gasteiger partial charge is 0.244 e. The van der Waals surface area contributed by atoms with Gasteiger partial charge in [0.25, 0.3) is 0 Å². The minimum atomic E-state index is 0.271. The largest absolute Gasteiger partial charge is 0.338 e. The van der Waals surface area contributed by atoms with Crippen LogP contribution in [0, 0.1) is 6.92 Å². The standard InChI is InChI=1S/C8H15N5/c1-6-10-8(12-11-6)13-4-2-3-7(9)5-13/h7H,2-5,9H2,1H3,(H,10,11,12). The first-order chi connectivity index (χ1) is 6.25. The van der Waals surface area contributed by atoms with E-state index in [0.29, 0.717) is 0 Å². The van der Waals surface area contributed by atoms with E-state index in [1.807, 2.05) is 6.92 Å². The normalized spacial score (nSPS) is 23.5. The molecule has 0 radical (unpaired) electrons. The van der Waals surface area contributed by atoms with Crippen molar-refractivity contribution in [1.29, 1.82) is 0 Å². The number of nitrogens with two attached hydrogens (primary N) is 1. The van der Waals surface area contributed by atoms with E-state index in [2.05, 4.69) is 20.1 Å². The van der Waals surface area contributed by atoms with Gasteiger partial charge in [0.1, 0.15) is 5.82 Å². The molecule has 1 aromatic rings. The summed E-state index contributed by atoms with van der Waals surface area (Å²) < 4.78 is 0. The number of hydrogen-bond donors (Lipinski definition) is 2. The van der Waals surface area contributed by atoms with Crippen LogP contribution < -0.4 is 10.6 Å². The lowest BCUT2D eigenvalue weighted by atomic mass is 10.1. The number of H-pyrrole nitrogens is 1. The Balaban J connectivity index is 2.08. The van der Waals surface area contributed by atoms with E-state index in [1.54, 1.807) is 0 Å². The predicted molar refractivity (Wildman–Crippen MR) is 50.5 cm³/mol. The van der Waals surface area contributed by atoms with Gasteiger partial charge >= 0.3 is 0 Å². The summed E-state index contributed by atoms with van der Waals surface area (Å²) in [4.78, 5) is 6.41. The van der Waals surface area contributed by atoms with E-state index in [1.165, 1.54) is 0 Å². The monoisotopic (exact) mass is 181 g/mol. The van der Waals surface area contributed by atoms with Crippen LogP contribution in [0.25, 0.3) is 0 Å². The average Bonchev–Trinajstić information content (AvgIpc) is 2.52. The zero-order valence-corrected chi connectivity index (χ0v) is 7.82. The van der Waals surface area contributed by atoms with Crippen LogP contribution in [0.2, 0.25) is 0 Å². The molecule has 5 nitrogen and oxygen atoms in total. The SMILES string of the molecule is Cc1nc(N2CCCC(N)C2)n[nH]1. The van der Waals surface area contributed by atoms with E-state index < -0.39 is 0 Å². The first kappa shape index (κ1) is 8.50. The molecule has 0 saturated carbocycles. The van der Waals surface area contributed by atoms with Crippen molar-refractivity contribution in [3.05, 3.63) is 5.82 Å². The molecule has 5 heteroatoms. The van der Waals surface area contributed by atoms with Crippen LogP contribution in [0.15, 0.2) is 0 Å². The van der Waals surface area contributed by atoms with E-state index in [0.717, 1.165) is 37.7 Å². The fourth-order valence-electron chi connectivity index (χ4n) is 1.66. The Kier molecular flexibility index (Phi) is 2.18. The molecule has 1 atom stereocenters. The highest BCUT2D eigenvalue weighted by molar-refractivity contribution is 5.29. The molecule has 1 unspecified atom stereocenters. The van der Waals surface area contributed by atoms with Crippen molar-refractivity contribution in [2.24, 2.45) is 5.73 Å². The number of rotatable bonds is 1. The van der Waals surface area contributed by atoms with Crippen molar-refractivity contribution in [2.75, 3.05) is 18.0 Å². The summed E-state index contributed by atoms with van der Waals surface area (Å²) in [6, 6.07) is 0.271. The van der Waals surface area contributed by atoms with Crippen LogP contribution in [-0.4, -0.2) is 34.3 Å². The molecule has 2 heterocycles. The highest BCUT2D eigenvalue weighted by Crippen LogP contribution is 2.14. The number of anilines is 1. The zero-order chi connectivity index (χ0) is 9.26. The molecule has 1 fully saturated rings. The molecular formula is C8H15N5. The minimum Gasteiger partial charge on any atom is -0.338 e. The molecule has 13 heavy (non-hydrogen) atoms. The van der Waals surface area contributed by atoms with Gasteiger partial charge in [0.2, 0.25) is 5.95 Å². The van der Waals surface area contributed by atoms with Gasteiger partial charge in [-0.2, -0.15) is 4.98 Å². The second-order valence-electron chi connectivity index (χ2n) is 3.57. The van der Waals surface area contributed by atoms with Gasteiger partial charge in [-0.05, 0) is 19.8 Å². The molecule has 0 aliphatic carbocycles. The Morgan fingerprint density at radius 2 is 2.46 bits per heavy atom. The van der Waals surface area contributed by atoms with Crippen LogP contribution in [0.1, 0.15) is 18.7 Å². The molecule has 2 rings (SSSR count). The van der Waals surface area contributed by atoms with Gasteiger partial charge in [0, 0.05) is 19.1 Å². The van der Waals surface area contributed by atoms with Gasteiger partial charge in [0.05, 0.1) is 0 Å². The van der Waals surface area contributed by atoms with Crippen LogP contribution in [0.5, 0.6) is 0 Å². The summed E-state index contributed by atoms with van der Waals surface area (Å²) in [6.45, 7) is 3.79. The van der Waals surface area contributed by atoms with Crippen LogP contribution in [-0.2, 0) is 0 Å². The first-order valence-corrected chi connectivity index (χ1v) is 4.65. The van der Waals surface area contributed by atoms with E-state index in [9.17, 15) is 0 Å². The third-order valence-corrected chi connectivity index (χ3v) is 2.33. The summed E-state index contributed by atoms with van der Waals surface area (Å²) in [5, 5.41) is 6.95. The van der Waals surface area contributed by atoms with E-state index in [-0.39, 0.29) is 6.04 Å². The van der Waals surface area contributed by atoms with Gasteiger partial charge in [0.15, 0.2) is 0 Å². The van der Waals surface area contributed by atoms with E-state index in [4.69, 9.17) is 5.73 Å². The molecular weight excluding hydrogens is 166 g/mol. The van der Waals surface area contributed by atoms with Gasteiger partial charge in [-0.25, -0.2) is 0 Å². The molecule has 1 aliphatic rings. The maximum absolute atomic E-state index is 5.86. The van der Waals surface area contributed by atoms with Gasteiger partial charge < -0.3 is 10.6 Å². The van der Waals surface area contributed by atoms with Crippen molar-refractivity contribution in [3.63, 3.8) is 0 Å². The summed E-state index contributed by atoms with van der Waals surface area (Å²) in [6.07, 6.45) is 2.24. The number of hydrogen-bond acceptors (Lipinski definition) is 4. The fourth-order valence-corrected chi connectivity index (χ4v) is 1.66. The Morgan fingerprint density at radius 3 is 3.08 bits per heavy atom. The van der Waals surface area contributed by atoms with Gasteiger partial charge in [-0.1, -0.05) is 0 Å². The lowest BCUT2D eigenvalue weighted by Gasteiger charge is -2.29.